The molecule has 2 heterocycles. The lowest BCUT2D eigenvalue weighted by molar-refractivity contribution is -0.127. The van der Waals surface area contributed by atoms with Gasteiger partial charge in [-0.3, -0.25) is 9.80 Å². The number of anilines is 1. The molecule has 0 radical (unpaired) electrons. The Bertz CT molecular complexity index is 883. The Kier molecular flexibility index (Phi) is 4.74. The van der Waals surface area contributed by atoms with E-state index in [9.17, 15) is 4.79 Å². The number of fused-ring (bicyclic) bond motifs is 3. The van der Waals surface area contributed by atoms with Gasteiger partial charge in [0, 0.05) is 21.5 Å². The summed E-state index contributed by atoms with van der Waals surface area (Å²) < 4.78 is 1.01. The summed E-state index contributed by atoms with van der Waals surface area (Å²) in [5.74, 6) is 0.618. The highest BCUT2D eigenvalue weighted by Crippen LogP contribution is 2.42. The Morgan fingerprint density at radius 3 is 2.77 bits per heavy atom. The van der Waals surface area contributed by atoms with Crippen LogP contribution >= 0.6 is 27.7 Å². The zero-order valence-electron chi connectivity index (χ0n) is 13.9. The monoisotopic (exact) mass is 428 g/mol. The number of carbonyl (C=O) groups is 1. The van der Waals surface area contributed by atoms with Crippen molar-refractivity contribution < 1.29 is 4.79 Å². The van der Waals surface area contributed by atoms with Crippen LogP contribution in [0.5, 0.6) is 0 Å². The molecule has 2 atom stereocenters. The van der Waals surface area contributed by atoms with E-state index in [2.05, 4.69) is 33.1 Å². The number of nitrogens with zero attached hydrogens (tertiary/aromatic N) is 2. The van der Waals surface area contributed by atoms with Gasteiger partial charge in [-0.05, 0) is 23.8 Å². The van der Waals surface area contributed by atoms with E-state index in [4.69, 9.17) is 5.10 Å². The van der Waals surface area contributed by atoms with E-state index in [1.807, 2.05) is 53.5 Å². The number of rotatable bonds is 3. The van der Waals surface area contributed by atoms with Gasteiger partial charge in [0.1, 0.15) is 6.17 Å². The van der Waals surface area contributed by atoms with Crippen LogP contribution in [0.4, 0.5) is 5.69 Å². The lowest BCUT2D eigenvalue weighted by atomic mass is 9.97. The van der Waals surface area contributed by atoms with Gasteiger partial charge in [-0.1, -0.05) is 64.1 Å². The van der Waals surface area contributed by atoms with Crippen LogP contribution in [0.2, 0.25) is 0 Å². The van der Waals surface area contributed by atoms with Crippen molar-refractivity contribution in [3.05, 3.63) is 76.8 Å². The number of benzene rings is 2. The van der Waals surface area contributed by atoms with Gasteiger partial charge in [-0.15, -0.1) is 11.7 Å². The van der Waals surface area contributed by atoms with E-state index in [1.165, 1.54) is 11.8 Å². The molecule has 0 saturated heterocycles. The third-order valence-electron chi connectivity index (χ3n) is 4.29. The molecule has 1 amide bonds. The smallest absolute Gasteiger partial charge is 0.255 e. The quantitative estimate of drug-likeness (QED) is 0.717. The van der Waals surface area contributed by atoms with Gasteiger partial charge in [0.15, 0.2) is 11.2 Å². The predicted molar refractivity (Wildman–Crippen MR) is 110 cm³/mol. The summed E-state index contributed by atoms with van der Waals surface area (Å²) in [5.41, 5.74) is 2.92. The van der Waals surface area contributed by atoms with Gasteiger partial charge in [0.25, 0.3) is 5.91 Å². The maximum absolute atomic E-state index is 12.9. The number of hydrogen-bond acceptors (Lipinski definition) is 5. The number of hydrazone groups is 1. The highest BCUT2D eigenvalue weighted by molar-refractivity contribution is 9.10. The number of thioether (sulfide) groups is 1. The average molecular weight is 429 g/mol. The van der Waals surface area contributed by atoms with Gasteiger partial charge >= 0.3 is 0 Å². The standard InChI is InChI=1S/C19H17BrN4OS/c1-2-11-26-19-22-18(25)16-14-5-3-4-6-15(14)21-17(24(16)23-19)12-7-9-13(20)10-8-12/h2-10,16-17,21H,1,11H2,(H,22,23,25)/t16-,17-/m0/s1. The van der Waals surface area contributed by atoms with Crippen LogP contribution in [0.3, 0.4) is 0 Å². The number of hydrogen-bond donors (Lipinski definition) is 2. The van der Waals surface area contributed by atoms with Crippen molar-refractivity contribution in [1.29, 1.82) is 0 Å². The second-order valence-electron chi connectivity index (χ2n) is 5.96. The highest BCUT2D eigenvalue weighted by Gasteiger charge is 2.41. The lowest BCUT2D eigenvalue weighted by Gasteiger charge is -2.43. The molecule has 2 aromatic rings. The third kappa shape index (κ3) is 3.12. The number of nitrogens with one attached hydrogen (secondary N) is 2. The molecular weight excluding hydrogens is 412 g/mol. The summed E-state index contributed by atoms with van der Waals surface area (Å²) in [6.07, 6.45) is 1.56. The molecule has 5 nitrogen and oxygen atoms in total. The first-order valence-corrected chi connectivity index (χ1v) is 9.97. The van der Waals surface area contributed by atoms with Crippen molar-refractivity contribution in [3.63, 3.8) is 0 Å². The van der Waals surface area contributed by atoms with Crippen LogP contribution in [0.15, 0.2) is 70.8 Å². The average Bonchev–Trinajstić information content (AvgIpc) is 2.66. The largest absolute Gasteiger partial charge is 0.360 e. The molecule has 7 heteroatoms. The molecule has 0 aromatic heterocycles. The minimum Gasteiger partial charge on any atom is -0.360 e. The Labute approximate surface area is 164 Å². The Balaban J connectivity index is 1.79. The summed E-state index contributed by atoms with van der Waals surface area (Å²) >= 11 is 4.93. The summed E-state index contributed by atoms with van der Waals surface area (Å²) in [7, 11) is 0. The maximum atomic E-state index is 12.9. The number of halogens is 1. The van der Waals surface area contributed by atoms with Crippen molar-refractivity contribution >= 4 is 44.5 Å². The van der Waals surface area contributed by atoms with Crippen molar-refractivity contribution in [2.45, 2.75) is 12.2 Å². The van der Waals surface area contributed by atoms with E-state index in [0.717, 1.165) is 21.3 Å². The fraction of sp³-hybridized carbons (Fsp3) is 0.158. The molecule has 2 aliphatic heterocycles. The van der Waals surface area contributed by atoms with E-state index >= 15 is 0 Å². The molecule has 0 aliphatic carbocycles. The van der Waals surface area contributed by atoms with E-state index in [-0.39, 0.29) is 12.1 Å². The molecule has 0 spiro atoms. The van der Waals surface area contributed by atoms with Gasteiger partial charge < -0.3 is 10.6 Å². The molecule has 0 fully saturated rings. The molecule has 4 rings (SSSR count). The van der Waals surface area contributed by atoms with Gasteiger partial charge in [0.05, 0.1) is 0 Å². The van der Waals surface area contributed by atoms with Crippen LogP contribution in [0.1, 0.15) is 23.3 Å². The fourth-order valence-corrected chi connectivity index (χ4v) is 4.00. The molecular formula is C19H17BrN4OS. The predicted octanol–water partition coefficient (Wildman–Crippen LogP) is 4.24. The van der Waals surface area contributed by atoms with Crippen molar-refractivity contribution in [2.24, 2.45) is 5.10 Å². The molecule has 132 valence electrons. The van der Waals surface area contributed by atoms with Crippen LogP contribution in [0, 0.1) is 0 Å². The highest BCUT2D eigenvalue weighted by atomic mass is 79.9. The zero-order chi connectivity index (χ0) is 18.1. The molecule has 2 aliphatic rings. The molecule has 2 aromatic carbocycles. The second-order valence-corrected chi connectivity index (χ2v) is 7.89. The molecule has 0 unspecified atom stereocenters. The number of amidine groups is 1. The summed E-state index contributed by atoms with van der Waals surface area (Å²) in [5, 5.41) is 13.6. The van der Waals surface area contributed by atoms with E-state index < -0.39 is 6.04 Å². The molecule has 2 N–H and O–H groups in total. The van der Waals surface area contributed by atoms with Gasteiger partial charge in [0.2, 0.25) is 0 Å². The van der Waals surface area contributed by atoms with Gasteiger partial charge in [-0.25, -0.2) is 0 Å². The minimum atomic E-state index is -0.464. The van der Waals surface area contributed by atoms with E-state index in [0.29, 0.717) is 10.9 Å². The molecule has 0 bridgehead atoms. The maximum Gasteiger partial charge on any atom is 0.255 e. The number of para-hydroxylation sites is 1. The minimum absolute atomic E-state index is 0.0670. The lowest BCUT2D eigenvalue weighted by Crippen LogP contribution is -2.50. The fourth-order valence-electron chi connectivity index (χ4n) is 3.14. The molecule has 26 heavy (non-hydrogen) atoms. The van der Waals surface area contributed by atoms with E-state index in [1.54, 1.807) is 6.08 Å². The number of amides is 1. The normalized spacial score (nSPS) is 21.0. The molecule has 0 saturated carbocycles. The Morgan fingerprint density at radius 2 is 2.00 bits per heavy atom. The van der Waals surface area contributed by atoms with Gasteiger partial charge in [-0.2, -0.15) is 0 Å². The van der Waals surface area contributed by atoms with Crippen molar-refractivity contribution in [2.75, 3.05) is 11.1 Å². The number of carbonyl (C=O) groups excluding carboxylic acids is 1. The van der Waals surface area contributed by atoms with Crippen LogP contribution in [0.25, 0.3) is 0 Å². The first-order chi connectivity index (χ1) is 12.7. The SMILES string of the molecule is C=CCSC1=NN2[C@@H](c3ccc(Br)cc3)Nc3ccccc3[C@H]2C(=O)N1. The summed E-state index contributed by atoms with van der Waals surface area (Å²) in [6, 6.07) is 15.5. The summed E-state index contributed by atoms with van der Waals surface area (Å²) in [4.78, 5) is 12.9. The summed E-state index contributed by atoms with van der Waals surface area (Å²) in [6.45, 7) is 3.73. The second kappa shape index (κ2) is 7.17. The van der Waals surface area contributed by atoms with Crippen molar-refractivity contribution in [3.8, 4) is 0 Å². The first-order valence-electron chi connectivity index (χ1n) is 8.20. The zero-order valence-corrected chi connectivity index (χ0v) is 16.3. The van der Waals surface area contributed by atoms with Crippen molar-refractivity contribution in [1.82, 2.24) is 10.3 Å². The first kappa shape index (κ1) is 17.2. The van der Waals surface area contributed by atoms with Crippen LogP contribution in [-0.2, 0) is 4.79 Å². The van der Waals surface area contributed by atoms with Crippen LogP contribution in [-0.4, -0.2) is 21.8 Å². The third-order valence-corrected chi connectivity index (χ3v) is 5.67. The Morgan fingerprint density at radius 1 is 1.23 bits per heavy atom. The topological polar surface area (TPSA) is 56.7 Å². The van der Waals surface area contributed by atoms with Crippen LogP contribution < -0.4 is 10.6 Å². The Hall–Kier alpha value is -2.25.